The smallest absolute Gasteiger partial charge is 0.165 e. The molecule has 0 heterocycles. The SMILES string of the molecule is CC(P)NC(CS)C(=O)P. The van der Waals surface area contributed by atoms with Gasteiger partial charge in [0, 0.05) is 11.5 Å². The van der Waals surface area contributed by atoms with Crippen molar-refractivity contribution in [2.45, 2.75) is 18.7 Å². The Morgan fingerprint density at radius 2 is 2.30 bits per heavy atom. The molecule has 4 unspecified atom stereocenters. The molecule has 60 valence electrons. The van der Waals surface area contributed by atoms with Crippen molar-refractivity contribution in [1.29, 1.82) is 0 Å². The molecular weight excluding hydrogens is 184 g/mol. The fraction of sp³-hybridized carbons (Fsp3) is 0.800. The van der Waals surface area contributed by atoms with E-state index in [-0.39, 0.29) is 17.3 Å². The van der Waals surface area contributed by atoms with Gasteiger partial charge in [-0.2, -0.15) is 12.6 Å². The Kier molecular flexibility index (Phi) is 5.95. The van der Waals surface area contributed by atoms with Gasteiger partial charge in [0.15, 0.2) is 5.52 Å². The van der Waals surface area contributed by atoms with Gasteiger partial charge in [-0.05, 0) is 6.92 Å². The molecule has 0 fully saturated rings. The first-order chi connectivity index (χ1) is 4.57. The summed E-state index contributed by atoms with van der Waals surface area (Å²) in [7, 11) is 4.72. The van der Waals surface area contributed by atoms with E-state index in [0.717, 1.165) is 0 Å². The van der Waals surface area contributed by atoms with Crippen LogP contribution in [-0.4, -0.2) is 23.1 Å². The minimum absolute atomic E-state index is 0.0595. The van der Waals surface area contributed by atoms with E-state index in [2.05, 4.69) is 36.4 Å². The van der Waals surface area contributed by atoms with E-state index < -0.39 is 0 Å². The second kappa shape index (κ2) is 5.49. The normalized spacial score (nSPS) is 16.4. The summed E-state index contributed by atoms with van der Waals surface area (Å²) in [6, 6.07) is -0.138. The van der Waals surface area contributed by atoms with E-state index in [4.69, 9.17) is 0 Å². The van der Waals surface area contributed by atoms with Crippen molar-refractivity contribution in [3.8, 4) is 0 Å². The molecule has 0 rings (SSSR count). The van der Waals surface area contributed by atoms with Crippen LogP contribution in [0.1, 0.15) is 6.92 Å². The molecule has 0 aliphatic carbocycles. The summed E-state index contributed by atoms with van der Waals surface area (Å²) in [6.07, 6.45) is 0. The van der Waals surface area contributed by atoms with Crippen LogP contribution in [0, 0.1) is 0 Å². The average molecular weight is 197 g/mol. The zero-order valence-corrected chi connectivity index (χ0v) is 9.08. The summed E-state index contributed by atoms with van der Waals surface area (Å²) in [4.78, 5) is 10.8. The van der Waals surface area contributed by atoms with Crippen LogP contribution in [-0.2, 0) is 4.79 Å². The van der Waals surface area contributed by atoms with E-state index in [1.165, 1.54) is 0 Å². The Hall–Kier alpha value is 0.840. The summed E-state index contributed by atoms with van der Waals surface area (Å²) in [5, 5.41) is 3.05. The van der Waals surface area contributed by atoms with Crippen molar-refractivity contribution in [2.24, 2.45) is 0 Å². The third-order valence-corrected chi connectivity index (χ3v) is 1.95. The van der Waals surface area contributed by atoms with Crippen LogP contribution in [0.25, 0.3) is 0 Å². The molecule has 0 aromatic rings. The number of thiol groups is 1. The van der Waals surface area contributed by atoms with Crippen molar-refractivity contribution >= 4 is 36.6 Å². The first-order valence-electron chi connectivity index (χ1n) is 2.99. The van der Waals surface area contributed by atoms with Gasteiger partial charge >= 0.3 is 0 Å². The quantitative estimate of drug-likeness (QED) is 0.507. The molecule has 0 saturated carbocycles. The van der Waals surface area contributed by atoms with Gasteiger partial charge in [0.05, 0.1) is 6.04 Å². The van der Waals surface area contributed by atoms with E-state index in [9.17, 15) is 4.79 Å². The molecule has 0 aliphatic heterocycles. The largest absolute Gasteiger partial charge is 0.301 e. The van der Waals surface area contributed by atoms with Gasteiger partial charge in [0.2, 0.25) is 0 Å². The molecular formula is C5H13NOP2S. The Bertz CT molecular complexity index is 120. The number of hydrogen-bond donors (Lipinski definition) is 2. The predicted octanol–water partition coefficient (Wildman–Crippen LogP) is 0.497. The highest BCUT2D eigenvalue weighted by atomic mass is 32.1. The van der Waals surface area contributed by atoms with Crippen LogP contribution in [0.15, 0.2) is 0 Å². The first kappa shape index (κ1) is 10.8. The summed E-state index contributed by atoms with van der Waals surface area (Å²) in [5.41, 5.74) is 0.0595. The van der Waals surface area contributed by atoms with Gasteiger partial charge in [-0.1, -0.05) is 9.24 Å². The Balaban J connectivity index is 3.72. The zero-order chi connectivity index (χ0) is 8.15. The molecule has 2 nitrogen and oxygen atoms in total. The van der Waals surface area contributed by atoms with Gasteiger partial charge in [-0.25, -0.2) is 0 Å². The lowest BCUT2D eigenvalue weighted by molar-refractivity contribution is -0.112. The minimum Gasteiger partial charge on any atom is -0.301 e. The number of nitrogens with one attached hydrogen (secondary N) is 1. The maximum Gasteiger partial charge on any atom is 0.165 e. The fourth-order valence-corrected chi connectivity index (χ4v) is 1.47. The standard InChI is InChI=1S/C5H13NOP2S/c1-3(8)6-4(2-10)5(7)9/h3-4,6,10H,2,8-9H2,1H3. The number of hydrogen-bond acceptors (Lipinski definition) is 3. The average Bonchev–Trinajstić information content (AvgIpc) is 1.81. The third-order valence-electron chi connectivity index (χ3n) is 0.990. The zero-order valence-electron chi connectivity index (χ0n) is 5.87. The minimum atomic E-state index is -0.138. The number of rotatable bonds is 4. The molecule has 0 aromatic carbocycles. The topological polar surface area (TPSA) is 29.1 Å². The molecule has 4 atom stereocenters. The lowest BCUT2D eigenvalue weighted by Crippen LogP contribution is -2.38. The predicted molar refractivity (Wildman–Crippen MR) is 54.7 cm³/mol. The molecule has 1 N–H and O–H groups in total. The van der Waals surface area contributed by atoms with E-state index in [1.807, 2.05) is 6.92 Å². The first-order valence-corrected chi connectivity index (χ1v) is 4.87. The summed E-state index contributed by atoms with van der Waals surface area (Å²) in [6.45, 7) is 1.97. The molecule has 0 bridgehead atoms. The Labute approximate surface area is 71.7 Å². The van der Waals surface area contributed by atoms with Crippen LogP contribution in [0.5, 0.6) is 0 Å². The van der Waals surface area contributed by atoms with Crippen LogP contribution in [0.4, 0.5) is 0 Å². The highest BCUT2D eigenvalue weighted by Crippen LogP contribution is 2.01. The summed E-state index contributed by atoms with van der Waals surface area (Å²) < 4.78 is 0. The van der Waals surface area contributed by atoms with Gasteiger partial charge in [-0.3, -0.25) is 4.79 Å². The molecule has 0 spiro atoms. The Morgan fingerprint density at radius 1 is 1.80 bits per heavy atom. The number of carbonyl (C=O) groups is 1. The fourth-order valence-electron chi connectivity index (χ4n) is 0.542. The molecule has 0 radical (unpaired) electrons. The molecule has 10 heavy (non-hydrogen) atoms. The maximum absolute atomic E-state index is 10.8. The highest BCUT2D eigenvalue weighted by molar-refractivity contribution is 7.80. The molecule has 5 heteroatoms. The maximum atomic E-state index is 10.8. The summed E-state index contributed by atoms with van der Waals surface area (Å²) >= 11 is 4.02. The van der Waals surface area contributed by atoms with Gasteiger partial charge in [0.25, 0.3) is 0 Å². The lowest BCUT2D eigenvalue weighted by Gasteiger charge is -2.15. The van der Waals surface area contributed by atoms with Gasteiger partial charge < -0.3 is 5.32 Å². The molecule has 0 aliphatic rings. The van der Waals surface area contributed by atoms with Crippen LogP contribution in [0.3, 0.4) is 0 Å². The van der Waals surface area contributed by atoms with Crippen molar-refractivity contribution in [2.75, 3.05) is 5.75 Å². The van der Waals surface area contributed by atoms with E-state index in [1.54, 1.807) is 0 Å². The monoisotopic (exact) mass is 197 g/mol. The molecule has 0 aromatic heterocycles. The van der Waals surface area contributed by atoms with Crippen molar-refractivity contribution < 1.29 is 4.79 Å². The van der Waals surface area contributed by atoms with Crippen LogP contribution in [0.2, 0.25) is 0 Å². The highest BCUT2D eigenvalue weighted by Gasteiger charge is 2.11. The van der Waals surface area contributed by atoms with Gasteiger partial charge in [0.1, 0.15) is 0 Å². The van der Waals surface area contributed by atoms with E-state index >= 15 is 0 Å². The Morgan fingerprint density at radius 3 is 2.40 bits per heavy atom. The second-order valence-corrected chi connectivity index (χ2v) is 4.03. The third kappa shape index (κ3) is 4.62. The van der Waals surface area contributed by atoms with E-state index in [0.29, 0.717) is 5.75 Å². The molecule has 0 saturated heterocycles. The summed E-state index contributed by atoms with van der Waals surface area (Å²) in [5.74, 6) is 0.794. The lowest BCUT2D eigenvalue weighted by atomic mass is 10.4. The van der Waals surface area contributed by atoms with Crippen LogP contribution >= 0.6 is 31.1 Å². The second-order valence-electron chi connectivity index (χ2n) is 2.09. The van der Waals surface area contributed by atoms with Crippen molar-refractivity contribution in [3.05, 3.63) is 0 Å². The van der Waals surface area contributed by atoms with Crippen molar-refractivity contribution in [3.63, 3.8) is 0 Å². The number of carbonyl (C=O) groups excluding carboxylic acids is 1. The van der Waals surface area contributed by atoms with Crippen molar-refractivity contribution in [1.82, 2.24) is 5.32 Å². The molecule has 0 amide bonds. The van der Waals surface area contributed by atoms with Gasteiger partial charge in [-0.15, -0.1) is 9.24 Å². The van der Waals surface area contributed by atoms with Crippen LogP contribution < -0.4 is 5.32 Å².